The molecule has 0 bridgehead atoms. The number of rotatable bonds is 5. The van der Waals surface area contributed by atoms with Crippen molar-refractivity contribution in [3.8, 4) is 0 Å². The zero-order chi connectivity index (χ0) is 15.5. The van der Waals surface area contributed by atoms with Crippen LogP contribution in [0.25, 0.3) is 11.0 Å². The molecular formula is C19H23N3. The largest absolute Gasteiger partial charge is 0.322 e. The van der Waals surface area contributed by atoms with Gasteiger partial charge in [0, 0.05) is 6.54 Å². The van der Waals surface area contributed by atoms with Crippen LogP contribution in [0.5, 0.6) is 0 Å². The minimum atomic E-state index is -0.0126. The van der Waals surface area contributed by atoms with E-state index in [1.165, 1.54) is 11.1 Å². The Hall–Kier alpha value is -2.13. The molecule has 3 heteroatoms. The molecule has 3 aromatic rings. The molecule has 0 spiro atoms. The number of nitrogens with zero attached hydrogens (tertiary/aromatic N) is 2. The van der Waals surface area contributed by atoms with E-state index in [1.807, 2.05) is 6.07 Å². The molecular weight excluding hydrogens is 270 g/mol. The molecule has 1 aromatic heterocycles. The van der Waals surface area contributed by atoms with Gasteiger partial charge in [0.2, 0.25) is 0 Å². The van der Waals surface area contributed by atoms with Crippen LogP contribution in [0.3, 0.4) is 0 Å². The predicted octanol–water partition coefficient (Wildman–Crippen LogP) is 4.19. The van der Waals surface area contributed by atoms with E-state index in [0.717, 1.165) is 36.2 Å². The third kappa shape index (κ3) is 2.90. The van der Waals surface area contributed by atoms with Gasteiger partial charge in [0.05, 0.1) is 17.1 Å². The molecule has 0 aliphatic carbocycles. The molecule has 0 aliphatic rings. The van der Waals surface area contributed by atoms with Crippen molar-refractivity contribution in [3.63, 3.8) is 0 Å². The lowest BCUT2D eigenvalue weighted by Gasteiger charge is -2.14. The van der Waals surface area contributed by atoms with Gasteiger partial charge in [-0.25, -0.2) is 4.98 Å². The number of hydrogen-bond acceptors (Lipinski definition) is 2. The Morgan fingerprint density at radius 2 is 1.91 bits per heavy atom. The average Bonchev–Trinajstić information content (AvgIpc) is 2.86. The van der Waals surface area contributed by atoms with E-state index in [4.69, 9.17) is 10.7 Å². The first-order chi connectivity index (χ1) is 10.7. The van der Waals surface area contributed by atoms with Gasteiger partial charge in [0.25, 0.3) is 0 Å². The van der Waals surface area contributed by atoms with Crippen LogP contribution in [0.1, 0.15) is 42.8 Å². The summed E-state index contributed by atoms with van der Waals surface area (Å²) in [6, 6.07) is 16.9. The maximum Gasteiger partial charge on any atom is 0.127 e. The van der Waals surface area contributed by atoms with Crippen LogP contribution in [0.4, 0.5) is 0 Å². The first kappa shape index (κ1) is 14.8. The van der Waals surface area contributed by atoms with Crippen molar-refractivity contribution in [1.29, 1.82) is 0 Å². The summed E-state index contributed by atoms with van der Waals surface area (Å²) in [5.74, 6) is 0.992. The van der Waals surface area contributed by atoms with E-state index in [0.29, 0.717) is 0 Å². The zero-order valence-electron chi connectivity index (χ0n) is 13.3. The number of hydrogen-bond donors (Lipinski definition) is 1. The van der Waals surface area contributed by atoms with E-state index >= 15 is 0 Å². The van der Waals surface area contributed by atoms with Gasteiger partial charge in [-0.1, -0.05) is 49.7 Å². The lowest BCUT2D eigenvalue weighted by molar-refractivity contribution is 0.572. The fourth-order valence-corrected chi connectivity index (χ4v) is 2.91. The highest BCUT2D eigenvalue weighted by Crippen LogP contribution is 2.24. The Morgan fingerprint density at radius 3 is 2.64 bits per heavy atom. The number of benzene rings is 2. The molecule has 114 valence electrons. The van der Waals surface area contributed by atoms with E-state index in [-0.39, 0.29) is 6.04 Å². The van der Waals surface area contributed by atoms with Crippen LogP contribution in [0.15, 0.2) is 48.5 Å². The second-order valence-electron chi connectivity index (χ2n) is 5.93. The van der Waals surface area contributed by atoms with Crippen molar-refractivity contribution in [2.24, 2.45) is 5.73 Å². The van der Waals surface area contributed by atoms with Crippen molar-refractivity contribution >= 4 is 11.0 Å². The second kappa shape index (κ2) is 6.32. The average molecular weight is 293 g/mol. The molecule has 1 heterocycles. The van der Waals surface area contributed by atoms with Crippen molar-refractivity contribution in [1.82, 2.24) is 9.55 Å². The highest BCUT2D eigenvalue weighted by atomic mass is 15.1. The van der Waals surface area contributed by atoms with Gasteiger partial charge in [0.15, 0.2) is 0 Å². The van der Waals surface area contributed by atoms with Crippen LogP contribution in [0, 0.1) is 6.92 Å². The molecule has 0 amide bonds. The summed E-state index contributed by atoms with van der Waals surface area (Å²) in [7, 11) is 0. The van der Waals surface area contributed by atoms with Gasteiger partial charge in [-0.05, 0) is 36.6 Å². The van der Waals surface area contributed by atoms with Gasteiger partial charge in [-0.2, -0.15) is 0 Å². The smallest absolute Gasteiger partial charge is 0.127 e. The number of aryl methyl sites for hydroxylation is 1. The molecule has 2 aromatic carbocycles. The number of imidazole rings is 1. The van der Waals surface area contributed by atoms with Gasteiger partial charge in [-0.3, -0.25) is 0 Å². The number of nitrogens with two attached hydrogens (primary N) is 1. The molecule has 1 unspecified atom stereocenters. The van der Waals surface area contributed by atoms with Crippen LogP contribution < -0.4 is 5.73 Å². The molecule has 0 saturated heterocycles. The third-order valence-corrected chi connectivity index (χ3v) is 4.05. The van der Waals surface area contributed by atoms with Crippen molar-refractivity contribution in [3.05, 3.63) is 65.5 Å². The van der Waals surface area contributed by atoms with E-state index in [1.54, 1.807) is 0 Å². The Bertz CT molecular complexity index is 759. The summed E-state index contributed by atoms with van der Waals surface area (Å²) in [5, 5.41) is 0. The SMILES string of the molecule is CCCC(N)c1nc2cc(C)ccc2n1Cc1ccccc1. The Kier molecular flexibility index (Phi) is 4.25. The van der Waals surface area contributed by atoms with Crippen LogP contribution >= 0.6 is 0 Å². The summed E-state index contributed by atoms with van der Waals surface area (Å²) in [5.41, 5.74) is 11.1. The fourth-order valence-electron chi connectivity index (χ4n) is 2.91. The van der Waals surface area contributed by atoms with Gasteiger partial charge < -0.3 is 10.3 Å². The summed E-state index contributed by atoms with van der Waals surface area (Å²) in [6.45, 7) is 5.07. The molecule has 2 N–H and O–H groups in total. The molecule has 0 saturated carbocycles. The number of fused-ring (bicyclic) bond motifs is 1. The Balaban J connectivity index is 2.09. The normalized spacial score (nSPS) is 12.7. The molecule has 22 heavy (non-hydrogen) atoms. The first-order valence-corrected chi connectivity index (χ1v) is 7.95. The predicted molar refractivity (Wildman–Crippen MR) is 91.9 cm³/mol. The second-order valence-corrected chi connectivity index (χ2v) is 5.93. The van der Waals surface area contributed by atoms with Gasteiger partial charge in [-0.15, -0.1) is 0 Å². The van der Waals surface area contributed by atoms with Gasteiger partial charge >= 0.3 is 0 Å². The Morgan fingerprint density at radius 1 is 1.14 bits per heavy atom. The highest BCUT2D eigenvalue weighted by molar-refractivity contribution is 5.77. The number of aromatic nitrogens is 2. The molecule has 3 nitrogen and oxygen atoms in total. The first-order valence-electron chi connectivity index (χ1n) is 7.95. The Labute approximate surface area is 131 Å². The molecule has 0 radical (unpaired) electrons. The van der Waals surface area contributed by atoms with Crippen LogP contribution in [0.2, 0.25) is 0 Å². The maximum absolute atomic E-state index is 6.38. The fraction of sp³-hybridized carbons (Fsp3) is 0.316. The summed E-state index contributed by atoms with van der Waals surface area (Å²) in [6.07, 6.45) is 2.02. The lowest BCUT2D eigenvalue weighted by Crippen LogP contribution is -2.17. The van der Waals surface area contributed by atoms with Crippen molar-refractivity contribution in [2.75, 3.05) is 0 Å². The summed E-state index contributed by atoms with van der Waals surface area (Å²) < 4.78 is 2.27. The standard InChI is InChI=1S/C19H23N3/c1-3-7-16(20)19-21-17-12-14(2)10-11-18(17)22(19)13-15-8-5-4-6-9-15/h4-6,8-12,16H,3,7,13,20H2,1-2H3. The summed E-state index contributed by atoms with van der Waals surface area (Å²) >= 11 is 0. The van der Waals surface area contributed by atoms with E-state index < -0.39 is 0 Å². The molecule has 0 fully saturated rings. The topological polar surface area (TPSA) is 43.8 Å². The highest BCUT2D eigenvalue weighted by Gasteiger charge is 2.16. The lowest BCUT2D eigenvalue weighted by atomic mass is 10.1. The molecule has 0 aliphatic heterocycles. The summed E-state index contributed by atoms with van der Waals surface area (Å²) in [4.78, 5) is 4.83. The molecule has 3 rings (SSSR count). The van der Waals surface area contributed by atoms with Gasteiger partial charge in [0.1, 0.15) is 5.82 Å². The third-order valence-electron chi connectivity index (χ3n) is 4.05. The van der Waals surface area contributed by atoms with Crippen molar-refractivity contribution in [2.45, 2.75) is 39.3 Å². The van der Waals surface area contributed by atoms with Crippen molar-refractivity contribution < 1.29 is 0 Å². The maximum atomic E-state index is 6.38. The van der Waals surface area contributed by atoms with Crippen LogP contribution in [-0.2, 0) is 6.54 Å². The van der Waals surface area contributed by atoms with E-state index in [9.17, 15) is 0 Å². The minimum absolute atomic E-state index is 0.0126. The monoisotopic (exact) mass is 293 g/mol. The zero-order valence-corrected chi connectivity index (χ0v) is 13.3. The van der Waals surface area contributed by atoms with E-state index in [2.05, 4.69) is 60.9 Å². The molecule has 1 atom stereocenters. The van der Waals surface area contributed by atoms with Crippen LogP contribution in [-0.4, -0.2) is 9.55 Å². The minimum Gasteiger partial charge on any atom is -0.322 e. The quantitative estimate of drug-likeness (QED) is 0.766.